The van der Waals surface area contributed by atoms with Crippen LogP contribution in [0.3, 0.4) is 0 Å². The Morgan fingerprint density at radius 1 is 1.39 bits per heavy atom. The van der Waals surface area contributed by atoms with Gasteiger partial charge in [-0.05, 0) is 54.0 Å². The highest BCUT2D eigenvalue weighted by molar-refractivity contribution is 14.1. The lowest BCUT2D eigenvalue weighted by Crippen LogP contribution is -2.30. The average Bonchev–Trinajstić information content (AvgIpc) is 2.26. The van der Waals surface area contributed by atoms with E-state index >= 15 is 0 Å². The van der Waals surface area contributed by atoms with E-state index in [-0.39, 0.29) is 10.6 Å². The van der Waals surface area contributed by atoms with Gasteiger partial charge in [-0.25, -0.2) is 0 Å². The summed E-state index contributed by atoms with van der Waals surface area (Å²) in [6.07, 6.45) is 1.10. The van der Waals surface area contributed by atoms with Gasteiger partial charge >= 0.3 is 0 Å². The van der Waals surface area contributed by atoms with E-state index in [4.69, 9.17) is 0 Å². The Labute approximate surface area is 122 Å². The zero-order valence-electron chi connectivity index (χ0n) is 11.2. The zero-order chi connectivity index (χ0) is 13.9. The van der Waals surface area contributed by atoms with E-state index in [0.717, 1.165) is 12.1 Å². The van der Waals surface area contributed by atoms with Crippen LogP contribution in [0, 0.1) is 19.6 Å². The summed E-state index contributed by atoms with van der Waals surface area (Å²) in [6.45, 7) is 6.57. The van der Waals surface area contributed by atoms with Gasteiger partial charge in [-0.2, -0.15) is 0 Å². The summed E-state index contributed by atoms with van der Waals surface area (Å²) in [5.41, 5.74) is 1.20. The van der Waals surface area contributed by atoms with E-state index in [1.165, 1.54) is 0 Å². The van der Waals surface area contributed by atoms with Gasteiger partial charge < -0.3 is 4.90 Å². The average molecular weight is 362 g/mol. The number of hydrogen-bond acceptors (Lipinski definition) is 3. The fourth-order valence-corrected chi connectivity index (χ4v) is 2.65. The fraction of sp³-hybridized carbons (Fsp3) is 0.538. The molecule has 100 valence electrons. The van der Waals surface area contributed by atoms with Crippen LogP contribution < -0.4 is 4.90 Å². The number of benzene rings is 1. The molecule has 0 aliphatic heterocycles. The summed E-state index contributed by atoms with van der Waals surface area (Å²) in [7, 11) is 2.03. The molecule has 0 aliphatic rings. The lowest BCUT2D eigenvalue weighted by molar-refractivity contribution is -0.385. The molecule has 0 aromatic heterocycles. The molecule has 1 atom stereocenters. The molecule has 0 heterocycles. The smallest absolute Gasteiger partial charge is 0.282 e. The first-order valence-electron chi connectivity index (χ1n) is 5.99. The largest absolute Gasteiger partial charge is 0.372 e. The lowest BCUT2D eigenvalue weighted by Gasteiger charge is -2.28. The second-order valence-corrected chi connectivity index (χ2v) is 6.14. The molecule has 0 radical (unpaired) electrons. The Hall–Kier alpha value is -0.850. The highest BCUT2D eigenvalue weighted by atomic mass is 127. The number of nitro groups is 1. The van der Waals surface area contributed by atoms with Crippen molar-refractivity contribution in [3.05, 3.63) is 31.9 Å². The van der Waals surface area contributed by atoms with E-state index in [0.29, 0.717) is 15.5 Å². The van der Waals surface area contributed by atoms with Crippen LogP contribution >= 0.6 is 22.6 Å². The second-order valence-electron chi connectivity index (χ2n) is 4.98. The van der Waals surface area contributed by atoms with E-state index in [1.807, 2.05) is 41.8 Å². The lowest BCUT2D eigenvalue weighted by atomic mass is 10.0. The third-order valence-corrected chi connectivity index (χ3v) is 3.87. The van der Waals surface area contributed by atoms with Crippen molar-refractivity contribution < 1.29 is 4.92 Å². The number of anilines is 1. The van der Waals surface area contributed by atoms with Crippen molar-refractivity contribution in [1.82, 2.24) is 0 Å². The first kappa shape index (κ1) is 15.2. The molecule has 18 heavy (non-hydrogen) atoms. The van der Waals surface area contributed by atoms with Gasteiger partial charge in [-0.1, -0.05) is 13.8 Å². The highest BCUT2D eigenvalue weighted by Gasteiger charge is 2.16. The summed E-state index contributed by atoms with van der Waals surface area (Å²) >= 11 is 2.02. The van der Waals surface area contributed by atoms with Crippen LogP contribution in [0.15, 0.2) is 18.2 Å². The normalized spacial score (nSPS) is 12.6. The van der Waals surface area contributed by atoms with E-state index < -0.39 is 0 Å². The standard InChI is InChI=1S/C13H19IN2O2/c1-9(2)7-10(3)15(4)11-5-6-13(16(17)18)12(14)8-11/h5-6,8-10H,7H2,1-4H3. The van der Waals surface area contributed by atoms with E-state index in [9.17, 15) is 10.1 Å². The van der Waals surface area contributed by atoms with Gasteiger partial charge in [0.2, 0.25) is 0 Å². The van der Waals surface area contributed by atoms with Crippen LogP contribution in [0.2, 0.25) is 0 Å². The SMILES string of the molecule is CC(C)CC(C)N(C)c1ccc([N+](=O)[O-])c(I)c1. The minimum Gasteiger partial charge on any atom is -0.372 e. The van der Waals surface area contributed by atoms with Crippen molar-refractivity contribution >= 4 is 34.0 Å². The molecule has 0 fully saturated rings. The summed E-state index contributed by atoms with van der Waals surface area (Å²) in [6, 6.07) is 5.68. The minimum absolute atomic E-state index is 0.171. The van der Waals surface area contributed by atoms with Crippen molar-refractivity contribution in [1.29, 1.82) is 0 Å². The first-order valence-corrected chi connectivity index (χ1v) is 7.07. The van der Waals surface area contributed by atoms with Gasteiger partial charge in [0.05, 0.1) is 8.49 Å². The number of hydrogen-bond donors (Lipinski definition) is 0. The summed E-state index contributed by atoms with van der Waals surface area (Å²) in [5, 5.41) is 10.8. The number of halogens is 1. The molecule has 1 rings (SSSR count). The maximum atomic E-state index is 10.8. The molecule has 0 saturated heterocycles. The minimum atomic E-state index is -0.344. The van der Waals surface area contributed by atoms with Crippen molar-refractivity contribution in [2.45, 2.75) is 33.2 Å². The molecule has 4 nitrogen and oxygen atoms in total. The van der Waals surface area contributed by atoms with Gasteiger partial charge in [0.1, 0.15) is 0 Å². The quantitative estimate of drug-likeness (QED) is 0.451. The van der Waals surface area contributed by atoms with Gasteiger partial charge in [0.25, 0.3) is 5.69 Å². The van der Waals surface area contributed by atoms with Crippen LogP contribution in [0.5, 0.6) is 0 Å². The number of nitrogens with zero attached hydrogens (tertiary/aromatic N) is 2. The third kappa shape index (κ3) is 3.83. The Bertz CT molecular complexity index is 435. The van der Waals surface area contributed by atoms with Crippen molar-refractivity contribution in [3.63, 3.8) is 0 Å². The van der Waals surface area contributed by atoms with Crippen LogP contribution in [-0.2, 0) is 0 Å². The maximum absolute atomic E-state index is 10.8. The molecule has 0 N–H and O–H groups in total. The third-order valence-electron chi connectivity index (χ3n) is 3.01. The Morgan fingerprint density at radius 2 is 2.00 bits per heavy atom. The molecule has 0 bridgehead atoms. The summed E-state index contributed by atoms with van der Waals surface area (Å²) in [5.74, 6) is 0.638. The zero-order valence-corrected chi connectivity index (χ0v) is 13.3. The van der Waals surface area contributed by atoms with Crippen LogP contribution in [0.1, 0.15) is 27.2 Å². The van der Waals surface area contributed by atoms with Crippen molar-refractivity contribution in [2.24, 2.45) is 5.92 Å². The van der Waals surface area contributed by atoms with E-state index in [2.05, 4.69) is 25.7 Å². The molecule has 5 heteroatoms. The van der Waals surface area contributed by atoms with Gasteiger partial charge in [0, 0.05) is 24.8 Å². The molecular weight excluding hydrogens is 343 g/mol. The first-order chi connectivity index (χ1) is 8.32. The maximum Gasteiger partial charge on any atom is 0.282 e. The number of rotatable bonds is 5. The molecule has 1 unspecified atom stereocenters. The highest BCUT2D eigenvalue weighted by Crippen LogP contribution is 2.27. The summed E-state index contributed by atoms with van der Waals surface area (Å²) in [4.78, 5) is 12.6. The Morgan fingerprint density at radius 3 is 2.44 bits per heavy atom. The van der Waals surface area contributed by atoms with Crippen LogP contribution in [-0.4, -0.2) is 18.0 Å². The molecule has 0 saturated carbocycles. The number of nitro benzene ring substituents is 1. The Kier molecular flexibility index (Phi) is 5.37. The molecule has 1 aromatic carbocycles. The molecule has 0 amide bonds. The monoisotopic (exact) mass is 362 g/mol. The molecule has 1 aromatic rings. The van der Waals surface area contributed by atoms with Crippen LogP contribution in [0.25, 0.3) is 0 Å². The molecular formula is C13H19IN2O2. The van der Waals surface area contributed by atoms with E-state index in [1.54, 1.807) is 6.07 Å². The topological polar surface area (TPSA) is 46.4 Å². The predicted octanol–water partition coefficient (Wildman–Crippen LogP) is 4.07. The van der Waals surface area contributed by atoms with Gasteiger partial charge in [-0.15, -0.1) is 0 Å². The molecule has 0 aliphatic carbocycles. The van der Waals surface area contributed by atoms with Crippen LogP contribution in [0.4, 0.5) is 11.4 Å². The van der Waals surface area contributed by atoms with Crippen molar-refractivity contribution in [2.75, 3.05) is 11.9 Å². The second kappa shape index (κ2) is 6.36. The fourth-order valence-electron chi connectivity index (χ4n) is 1.96. The molecule has 0 spiro atoms. The summed E-state index contributed by atoms with van der Waals surface area (Å²) < 4.78 is 0.679. The Balaban J connectivity index is 2.90. The predicted molar refractivity (Wildman–Crippen MR) is 83.1 cm³/mol. The van der Waals surface area contributed by atoms with Gasteiger partial charge in [0.15, 0.2) is 0 Å². The van der Waals surface area contributed by atoms with Crippen molar-refractivity contribution in [3.8, 4) is 0 Å². The van der Waals surface area contributed by atoms with Gasteiger partial charge in [-0.3, -0.25) is 10.1 Å².